The first-order chi connectivity index (χ1) is 9.09. The zero-order chi connectivity index (χ0) is 13.6. The van der Waals surface area contributed by atoms with Crippen LogP contribution in [0.2, 0.25) is 0 Å². The third-order valence-electron chi connectivity index (χ3n) is 3.81. The fraction of sp³-hybridized carbons (Fsp3) is 0.467. The molecule has 1 aliphatic carbocycles. The van der Waals surface area contributed by atoms with E-state index in [9.17, 15) is 9.59 Å². The van der Waals surface area contributed by atoms with Crippen LogP contribution in [0.3, 0.4) is 0 Å². The number of hydrogen-bond donors (Lipinski definition) is 1. The Morgan fingerprint density at radius 1 is 1.21 bits per heavy atom. The van der Waals surface area contributed by atoms with Crippen LogP contribution < -0.4 is 10.2 Å². The van der Waals surface area contributed by atoms with Gasteiger partial charge in [-0.25, -0.2) is 0 Å². The third kappa shape index (κ3) is 2.01. The highest BCUT2D eigenvalue weighted by molar-refractivity contribution is 6.11. The van der Waals surface area contributed by atoms with E-state index < -0.39 is 0 Å². The van der Waals surface area contributed by atoms with Crippen LogP contribution in [0.15, 0.2) is 24.3 Å². The van der Waals surface area contributed by atoms with Crippen molar-refractivity contribution in [2.45, 2.75) is 38.8 Å². The van der Waals surface area contributed by atoms with Crippen molar-refractivity contribution < 1.29 is 9.59 Å². The fourth-order valence-electron chi connectivity index (χ4n) is 2.71. The van der Waals surface area contributed by atoms with Crippen molar-refractivity contribution in [1.82, 2.24) is 5.32 Å². The number of benzene rings is 1. The molecular weight excluding hydrogens is 240 g/mol. The van der Waals surface area contributed by atoms with Gasteiger partial charge in [-0.15, -0.1) is 0 Å². The Morgan fingerprint density at radius 2 is 1.89 bits per heavy atom. The van der Waals surface area contributed by atoms with Crippen LogP contribution in [-0.4, -0.2) is 23.9 Å². The lowest BCUT2D eigenvalue weighted by Gasteiger charge is -2.28. The average molecular weight is 258 g/mol. The topological polar surface area (TPSA) is 49.4 Å². The largest absolute Gasteiger partial charge is 0.340 e. The molecule has 4 heteroatoms. The summed E-state index contributed by atoms with van der Waals surface area (Å²) >= 11 is 0. The summed E-state index contributed by atoms with van der Waals surface area (Å²) in [6, 6.07) is 7.01. The number of fused-ring (bicyclic) bond motifs is 1. The number of rotatable bonds is 2. The number of carbonyl (C=O) groups excluding carboxylic acids is 2. The number of anilines is 1. The number of amides is 2. The van der Waals surface area contributed by atoms with Crippen molar-refractivity contribution >= 4 is 17.5 Å². The van der Waals surface area contributed by atoms with E-state index in [2.05, 4.69) is 5.32 Å². The minimum atomic E-state index is -0.359. The van der Waals surface area contributed by atoms with Gasteiger partial charge < -0.3 is 10.2 Å². The van der Waals surface area contributed by atoms with Crippen LogP contribution in [0.1, 0.15) is 37.0 Å². The summed E-state index contributed by atoms with van der Waals surface area (Å²) in [5.74, 6) is 0.201. The predicted octanol–water partition coefficient (Wildman–Crippen LogP) is 1.95. The first-order valence-corrected chi connectivity index (χ1v) is 6.82. The summed E-state index contributed by atoms with van der Waals surface area (Å²) in [5, 5.41) is 2.90. The molecule has 1 atom stereocenters. The normalized spacial score (nSPS) is 23.1. The molecule has 2 aliphatic rings. The molecular formula is C15H18N2O2. The van der Waals surface area contributed by atoms with Gasteiger partial charge in [0.1, 0.15) is 6.04 Å². The van der Waals surface area contributed by atoms with Crippen molar-refractivity contribution in [3.8, 4) is 0 Å². The molecule has 0 saturated heterocycles. The average Bonchev–Trinajstić information content (AvgIpc) is 3.19. The molecule has 100 valence electrons. The van der Waals surface area contributed by atoms with E-state index in [0.29, 0.717) is 11.5 Å². The Bertz CT molecular complexity index is 535. The molecule has 1 fully saturated rings. The van der Waals surface area contributed by atoms with Crippen molar-refractivity contribution in [3.05, 3.63) is 29.8 Å². The molecule has 2 amide bonds. The van der Waals surface area contributed by atoms with Gasteiger partial charge in [-0.3, -0.25) is 9.59 Å². The van der Waals surface area contributed by atoms with E-state index in [1.54, 1.807) is 11.0 Å². The van der Waals surface area contributed by atoms with Crippen molar-refractivity contribution in [1.29, 1.82) is 0 Å². The highest BCUT2D eigenvalue weighted by atomic mass is 16.2. The quantitative estimate of drug-likeness (QED) is 0.881. The molecule has 0 radical (unpaired) electrons. The maximum Gasteiger partial charge on any atom is 0.254 e. The summed E-state index contributed by atoms with van der Waals surface area (Å²) in [6.45, 7) is 3.96. The first kappa shape index (κ1) is 12.2. The Labute approximate surface area is 112 Å². The van der Waals surface area contributed by atoms with E-state index >= 15 is 0 Å². The van der Waals surface area contributed by atoms with Gasteiger partial charge in [0, 0.05) is 6.04 Å². The van der Waals surface area contributed by atoms with Crippen LogP contribution in [-0.2, 0) is 4.79 Å². The highest BCUT2D eigenvalue weighted by Crippen LogP contribution is 2.36. The van der Waals surface area contributed by atoms with E-state index in [0.717, 1.165) is 18.5 Å². The Balaban J connectivity index is 2.10. The molecule has 0 bridgehead atoms. The number of hydrogen-bond acceptors (Lipinski definition) is 2. The second kappa shape index (κ2) is 4.37. The Morgan fingerprint density at radius 3 is 2.53 bits per heavy atom. The molecule has 19 heavy (non-hydrogen) atoms. The smallest absolute Gasteiger partial charge is 0.254 e. The van der Waals surface area contributed by atoms with E-state index in [1.807, 2.05) is 32.0 Å². The lowest BCUT2D eigenvalue weighted by Crippen LogP contribution is -2.49. The standard InChI is InChI=1S/C15H18N2O2/c1-9(2)17-12-6-4-3-5-11(12)14(18)16-13(15(17)19)10-7-8-10/h3-6,9-10,13H,7-8H2,1-2H3,(H,16,18). The van der Waals surface area contributed by atoms with Gasteiger partial charge in [-0.1, -0.05) is 12.1 Å². The molecule has 0 aromatic heterocycles. The van der Waals surface area contributed by atoms with Crippen LogP contribution in [0.25, 0.3) is 0 Å². The minimum absolute atomic E-state index is 0.0239. The molecule has 1 saturated carbocycles. The van der Waals surface area contributed by atoms with Crippen molar-refractivity contribution in [2.24, 2.45) is 5.92 Å². The molecule has 4 nitrogen and oxygen atoms in total. The number of nitrogens with zero attached hydrogens (tertiary/aromatic N) is 1. The van der Waals surface area contributed by atoms with Gasteiger partial charge in [0.05, 0.1) is 11.3 Å². The fourth-order valence-corrected chi connectivity index (χ4v) is 2.71. The maximum atomic E-state index is 12.7. The maximum absolute atomic E-state index is 12.7. The summed E-state index contributed by atoms with van der Waals surface area (Å²) in [5.41, 5.74) is 1.32. The number of nitrogens with one attached hydrogen (secondary N) is 1. The third-order valence-corrected chi connectivity index (χ3v) is 3.81. The van der Waals surface area contributed by atoms with E-state index in [1.165, 1.54) is 0 Å². The van der Waals surface area contributed by atoms with Crippen molar-refractivity contribution in [3.63, 3.8) is 0 Å². The van der Waals surface area contributed by atoms with Crippen LogP contribution in [0.5, 0.6) is 0 Å². The summed E-state index contributed by atoms with van der Waals surface area (Å²) in [7, 11) is 0. The van der Waals surface area contributed by atoms with Crippen LogP contribution in [0, 0.1) is 5.92 Å². The van der Waals surface area contributed by atoms with Crippen LogP contribution >= 0.6 is 0 Å². The number of carbonyl (C=O) groups is 2. The van der Waals surface area contributed by atoms with Gasteiger partial charge in [-0.2, -0.15) is 0 Å². The van der Waals surface area contributed by atoms with Gasteiger partial charge in [0.25, 0.3) is 5.91 Å². The Hall–Kier alpha value is -1.84. The molecule has 1 aliphatic heterocycles. The zero-order valence-corrected chi connectivity index (χ0v) is 11.2. The molecule has 0 spiro atoms. The minimum Gasteiger partial charge on any atom is -0.340 e. The van der Waals surface area contributed by atoms with Gasteiger partial charge >= 0.3 is 0 Å². The van der Waals surface area contributed by atoms with Gasteiger partial charge in [-0.05, 0) is 44.7 Å². The lowest BCUT2D eigenvalue weighted by atomic mass is 10.1. The molecule has 1 heterocycles. The molecule has 1 N–H and O–H groups in total. The molecule has 3 rings (SSSR count). The van der Waals surface area contributed by atoms with Gasteiger partial charge in [0.15, 0.2) is 0 Å². The molecule has 1 unspecified atom stereocenters. The van der Waals surface area contributed by atoms with E-state index in [4.69, 9.17) is 0 Å². The van der Waals surface area contributed by atoms with Crippen molar-refractivity contribution in [2.75, 3.05) is 4.90 Å². The SMILES string of the molecule is CC(C)N1C(=O)C(C2CC2)NC(=O)c2ccccc21. The highest BCUT2D eigenvalue weighted by Gasteiger charge is 2.43. The second-order valence-corrected chi connectivity index (χ2v) is 5.61. The number of para-hydroxylation sites is 1. The van der Waals surface area contributed by atoms with Crippen LogP contribution in [0.4, 0.5) is 5.69 Å². The summed E-state index contributed by atoms with van der Waals surface area (Å²) in [6.07, 6.45) is 2.05. The Kier molecular flexibility index (Phi) is 2.81. The predicted molar refractivity (Wildman–Crippen MR) is 73.0 cm³/mol. The molecule has 1 aromatic carbocycles. The zero-order valence-electron chi connectivity index (χ0n) is 11.2. The second-order valence-electron chi connectivity index (χ2n) is 5.61. The lowest BCUT2D eigenvalue weighted by molar-refractivity contribution is -0.121. The van der Waals surface area contributed by atoms with E-state index in [-0.39, 0.29) is 23.9 Å². The first-order valence-electron chi connectivity index (χ1n) is 6.82. The summed E-state index contributed by atoms with van der Waals surface area (Å²) in [4.78, 5) is 26.7. The molecule has 1 aromatic rings. The summed E-state index contributed by atoms with van der Waals surface area (Å²) < 4.78 is 0. The monoisotopic (exact) mass is 258 g/mol. The van der Waals surface area contributed by atoms with Gasteiger partial charge in [0.2, 0.25) is 5.91 Å².